The van der Waals surface area contributed by atoms with Gasteiger partial charge in [0, 0.05) is 78.8 Å². The van der Waals surface area contributed by atoms with Crippen molar-refractivity contribution in [1.29, 1.82) is 0 Å². The van der Waals surface area contributed by atoms with E-state index >= 15 is 0 Å². The topological polar surface area (TPSA) is 484 Å². The van der Waals surface area contributed by atoms with Crippen LogP contribution in [0.15, 0.2) is 153 Å². The molecule has 4 fully saturated rings. The Morgan fingerprint density at radius 2 is 0.700 bits per heavy atom. The minimum Gasteiger partial charge on any atom is -0.477 e. The van der Waals surface area contributed by atoms with Gasteiger partial charge in [-0.3, -0.25) is 52.9 Å². The molecule has 3 atom stereocenters. The predicted octanol–water partition coefficient (Wildman–Crippen LogP) is 10.2. The third kappa shape index (κ3) is 19.1. The molecule has 6 N–H and O–H groups in total. The Morgan fingerprint density at radius 3 is 0.975 bits per heavy atom. The molecule has 0 saturated heterocycles. The van der Waals surface area contributed by atoms with Crippen LogP contribution in [-0.2, 0) is 9.53 Å². The van der Waals surface area contributed by atoms with E-state index in [1.54, 1.807) is 124 Å². The fourth-order valence-electron chi connectivity index (χ4n) is 12.8. The lowest BCUT2D eigenvalue weighted by molar-refractivity contribution is -0.142. The number of ether oxygens (including phenoxy) is 1. The van der Waals surface area contributed by atoms with Crippen molar-refractivity contribution in [2.45, 2.75) is 149 Å². The van der Waals surface area contributed by atoms with Gasteiger partial charge in [0.25, 0.3) is 17.7 Å². The maximum atomic E-state index is 13.0. The van der Waals surface area contributed by atoms with Crippen LogP contribution in [-0.4, -0.2) is 199 Å². The van der Waals surface area contributed by atoms with Gasteiger partial charge in [0.1, 0.15) is 63.9 Å². The van der Waals surface area contributed by atoms with Gasteiger partial charge in [-0.2, -0.15) is 20.4 Å². The Hall–Kier alpha value is -14.6. The van der Waals surface area contributed by atoms with Crippen molar-refractivity contribution in [3.63, 3.8) is 0 Å². The Bertz CT molecular complexity index is 5880. The number of carboxylic acid groups (broad SMARTS) is 1. The zero-order chi connectivity index (χ0) is 83.8. The number of hydrogen-bond acceptors (Lipinski definition) is 28. The van der Waals surface area contributed by atoms with Gasteiger partial charge in [-0.05, 0) is 236 Å². The molecule has 612 valence electrons. The maximum absolute atomic E-state index is 13.0. The molecular weight excluding hydrogens is 1540 g/mol. The normalized spacial score (nSPS) is 14.2. The van der Waals surface area contributed by atoms with Gasteiger partial charge in [-0.15, -0.1) is 15.3 Å². The number of esters is 1. The third-order valence-corrected chi connectivity index (χ3v) is 20.1. The van der Waals surface area contributed by atoms with Crippen LogP contribution in [0, 0.1) is 27.7 Å². The van der Waals surface area contributed by atoms with E-state index in [0.29, 0.717) is 76.2 Å². The fraction of sp³-hybridized carbons (Fsp3) is 0.321. The highest BCUT2D eigenvalue weighted by molar-refractivity contribution is 6.05. The van der Waals surface area contributed by atoms with Crippen LogP contribution in [0.3, 0.4) is 0 Å². The second kappa shape index (κ2) is 35.4. The van der Waals surface area contributed by atoms with Gasteiger partial charge in [-0.1, -0.05) is 18.2 Å². The van der Waals surface area contributed by atoms with Gasteiger partial charge in [0.15, 0.2) is 0 Å². The average molecular weight is 1620 g/mol. The molecule has 18 rings (SSSR count). The smallest absolute Gasteiger partial charge is 0.354 e. The SMILES string of the molecule is CC(=O)OC[C@@H](C)n1nnnc1-c1cccc(NC(=O)c2cc(-c3cnn(C4CC4)c3)c(C)cn2)n1.Cc1cnc(C(=O)Nc2cccc(-c3nnnn3[C@H](C)CO)n2)cc1-c1cnn(C2CC2)c1.Cc1cnc(C(=O)Nc2cccc(-c3nnnn3[C@H](C)CO)n2)cc1-c1cnn(C2CC2)c1.Cc1cnc(C(=O)O)cc1-c1cnn(C2CC2)c1. The van der Waals surface area contributed by atoms with Crippen molar-refractivity contribution in [3.8, 4) is 79.1 Å². The molecule has 0 bridgehead atoms. The summed E-state index contributed by atoms with van der Waals surface area (Å²) in [4.78, 5) is 91.2. The van der Waals surface area contributed by atoms with E-state index < -0.39 is 11.9 Å². The number of aryl methyl sites for hydroxylation is 4. The van der Waals surface area contributed by atoms with Gasteiger partial charge in [-0.25, -0.2) is 38.8 Å². The molecule has 0 unspecified atom stereocenters. The number of anilines is 3. The van der Waals surface area contributed by atoms with Gasteiger partial charge in [0.2, 0.25) is 17.5 Å². The summed E-state index contributed by atoms with van der Waals surface area (Å²) in [6, 6.07) is 23.5. The number of rotatable bonds is 25. The van der Waals surface area contributed by atoms with Crippen LogP contribution in [0.1, 0.15) is 186 Å². The number of carbonyl (C=O) groups is 5. The molecule has 39 nitrogen and oxygen atoms in total. The van der Waals surface area contributed by atoms with E-state index in [2.05, 4.69) is 118 Å². The summed E-state index contributed by atoms with van der Waals surface area (Å²) in [5.74, 6) is -0.347. The minimum absolute atomic E-state index is 0.0646. The molecule has 0 aromatic carbocycles. The van der Waals surface area contributed by atoms with E-state index in [0.717, 1.165) is 105 Å². The third-order valence-electron chi connectivity index (χ3n) is 20.1. The molecule has 14 aromatic rings. The van der Waals surface area contributed by atoms with Crippen molar-refractivity contribution < 1.29 is 44.0 Å². The Balaban J connectivity index is 0.000000128. The van der Waals surface area contributed by atoms with Crippen LogP contribution in [0.25, 0.3) is 79.1 Å². The first kappa shape index (κ1) is 80.6. The molecule has 14 aromatic heterocycles. The largest absolute Gasteiger partial charge is 0.477 e. The number of pyridine rings is 7. The van der Waals surface area contributed by atoms with Gasteiger partial charge in [0.05, 0.1) is 80.3 Å². The van der Waals surface area contributed by atoms with Crippen LogP contribution in [0.5, 0.6) is 0 Å². The zero-order valence-corrected chi connectivity index (χ0v) is 66.6. The summed E-state index contributed by atoms with van der Waals surface area (Å²) in [7, 11) is 0. The van der Waals surface area contributed by atoms with Crippen molar-refractivity contribution in [2.75, 3.05) is 35.8 Å². The number of carbonyl (C=O) groups excluding carboxylic acids is 4. The Labute approximate surface area is 684 Å². The number of amides is 3. The summed E-state index contributed by atoms with van der Waals surface area (Å²) < 4.78 is 17.5. The summed E-state index contributed by atoms with van der Waals surface area (Å²) in [6.07, 6.45) is 31.2. The summed E-state index contributed by atoms with van der Waals surface area (Å²) in [5.41, 5.74) is 13.6. The lowest BCUT2D eigenvalue weighted by Gasteiger charge is -2.13. The molecule has 0 radical (unpaired) electrons. The van der Waals surface area contributed by atoms with Gasteiger partial charge >= 0.3 is 11.9 Å². The average Bonchev–Trinajstić information content (AvgIpc) is 1.64. The molecular formula is C81H84N30O9. The molecule has 4 aliphatic carbocycles. The zero-order valence-electron chi connectivity index (χ0n) is 66.6. The second-order valence-corrected chi connectivity index (χ2v) is 29.7. The van der Waals surface area contributed by atoms with Crippen LogP contribution in [0.2, 0.25) is 0 Å². The molecule has 4 aliphatic rings. The van der Waals surface area contributed by atoms with Gasteiger partial charge < -0.3 is 36.0 Å². The van der Waals surface area contributed by atoms with Crippen molar-refractivity contribution >= 4 is 47.1 Å². The number of nitrogens with zero attached hydrogens (tertiary/aromatic N) is 27. The first-order valence-corrected chi connectivity index (χ1v) is 38.9. The fourth-order valence-corrected chi connectivity index (χ4v) is 12.8. The number of aliphatic hydroxyl groups is 2. The number of tetrazole rings is 3. The van der Waals surface area contributed by atoms with E-state index in [-0.39, 0.29) is 78.5 Å². The lowest BCUT2D eigenvalue weighted by atomic mass is 10.0. The Kier molecular flexibility index (Phi) is 23.8. The molecule has 4 saturated carbocycles. The number of aliphatic hydroxyl groups excluding tert-OH is 2. The van der Waals surface area contributed by atoms with E-state index in [4.69, 9.17) is 9.84 Å². The predicted molar refractivity (Wildman–Crippen MR) is 433 cm³/mol. The summed E-state index contributed by atoms with van der Waals surface area (Å²) in [5, 5.41) is 88.8. The van der Waals surface area contributed by atoms with Crippen LogP contribution in [0.4, 0.5) is 17.5 Å². The van der Waals surface area contributed by atoms with Crippen molar-refractivity contribution in [2.24, 2.45) is 0 Å². The standard InChI is InChI=1S/C24H25N9O3.2C22H23N9O2.C13H13N3O2/c1-14-10-25-21(9-19(14)17-11-26-32(12-17)18-7-8-18)24(35)28-22-6-4-5-20(27-22)23-29-30-31-33(23)15(2)13-36-16(3)34;2*1-13-9-23-19(8-17(13)15-10-24-30(11-15)16-6-7-16)22(33)26-20-5-3-4-18(25-20)21-27-28-29-31(21)14(2)12-32;1-8-5-14-12(13(17)18)4-11(8)9-6-15-16(7-9)10-2-3-10/h4-6,9-12,15,18H,7-8,13H2,1-3H3,(H,27,28,35);2*3-5,8-11,14,16,32H,6-7,12H2,1-2H3,(H,25,26,33);4-7,10H,2-3H2,1H3,(H,17,18)/t15-;2*14-;/m111./s1. The highest BCUT2D eigenvalue weighted by Gasteiger charge is 2.30. The van der Waals surface area contributed by atoms with Crippen LogP contribution >= 0.6 is 0 Å². The highest BCUT2D eigenvalue weighted by Crippen LogP contribution is 2.40. The Morgan fingerprint density at radius 1 is 0.417 bits per heavy atom. The second-order valence-electron chi connectivity index (χ2n) is 29.7. The number of carboxylic acids is 1. The quantitative estimate of drug-likeness (QED) is 0.0290. The van der Waals surface area contributed by atoms with Crippen molar-refractivity contribution in [1.82, 2.24) is 135 Å². The monoisotopic (exact) mass is 1620 g/mol. The molecule has 0 aliphatic heterocycles. The summed E-state index contributed by atoms with van der Waals surface area (Å²) in [6.45, 7) is 14.4. The molecule has 39 heteroatoms. The molecule has 14 heterocycles. The number of hydrogen-bond donors (Lipinski definition) is 6. The first-order chi connectivity index (χ1) is 58.1. The maximum Gasteiger partial charge on any atom is 0.354 e. The molecule has 0 spiro atoms. The van der Waals surface area contributed by atoms with E-state index in [1.807, 2.05) is 96.7 Å². The number of aromatic nitrogens is 27. The first-order valence-electron chi connectivity index (χ1n) is 38.9. The highest BCUT2D eigenvalue weighted by atomic mass is 16.5. The molecule has 120 heavy (non-hydrogen) atoms. The van der Waals surface area contributed by atoms with Crippen LogP contribution < -0.4 is 16.0 Å². The number of nitrogens with one attached hydrogen (secondary N) is 3. The van der Waals surface area contributed by atoms with E-state index in [1.165, 1.54) is 33.8 Å². The number of aromatic carboxylic acids is 1. The summed E-state index contributed by atoms with van der Waals surface area (Å²) >= 11 is 0. The minimum atomic E-state index is -1.01. The lowest BCUT2D eigenvalue weighted by Crippen LogP contribution is -2.17. The van der Waals surface area contributed by atoms with E-state index in [9.17, 15) is 34.2 Å². The molecule has 3 amide bonds. The van der Waals surface area contributed by atoms with Crippen molar-refractivity contribution in [3.05, 3.63) is 198 Å².